The Morgan fingerprint density at radius 2 is 2.00 bits per heavy atom. The smallest absolute Gasteiger partial charge is 0.171 e. The molecule has 0 amide bonds. The van der Waals surface area contributed by atoms with Gasteiger partial charge in [-0.2, -0.15) is 0 Å². The fourth-order valence-electron chi connectivity index (χ4n) is 1.02. The Balaban J connectivity index is 2.78. The fraction of sp³-hybridized carbons (Fsp3) is 0.300. The van der Waals surface area contributed by atoms with Crippen LogP contribution in [0.15, 0.2) is 37.2 Å². The number of allylic oxidation sites excluding steroid dienone is 1. The van der Waals surface area contributed by atoms with Gasteiger partial charge in [-0.25, -0.2) is 4.57 Å². The average molecular weight is 163 g/mol. The summed E-state index contributed by atoms with van der Waals surface area (Å²) in [6.45, 7) is 4.55. The summed E-state index contributed by atoms with van der Waals surface area (Å²) in [5, 5.41) is 0. The zero-order valence-electron chi connectivity index (χ0n) is 7.70. The first-order valence-corrected chi connectivity index (χ1v) is 4.01. The number of nitrogens with zero attached hydrogens (tertiary/aromatic N) is 2. The second kappa shape index (κ2) is 3.90. The summed E-state index contributed by atoms with van der Waals surface area (Å²) in [4.78, 5) is 2.08. The van der Waals surface area contributed by atoms with Gasteiger partial charge in [-0.1, -0.05) is 6.58 Å². The van der Waals surface area contributed by atoms with Gasteiger partial charge in [0.2, 0.25) is 0 Å². The molecular weight excluding hydrogens is 148 g/mol. The van der Waals surface area contributed by atoms with Gasteiger partial charge in [0.25, 0.3) is 0 Å². The standard InChI is InChI=1S/C10H15N2/c1-4-7-12-8-5-10(6-9-12)11(2)3/h4-6,8-9H,1,7H2,2-3H3/q+1. The predicted octanol–water partition coefficient (Wildman–Crippen LogP) is 1.23. The van der Waals surface area contributed by atoms with E-state index in [9.17, 15) is 0 Å². The minimum Gasteiger partial charge on any atom is -0.377 e. The van der Waals surface area contributed by atoms with Crippen LogP contribution < -0.4 is 9.47 Å². The number of aromatic nitrogens is 1. The van der Waals surface area contributed by atoms with Gasteiger partial charge in [-0.3, -0.25) is 0 Å². The number of anilines is 1. The Morgan fingerprint density at radius 1 is 1.42 bits per heavy atom. The molecule has 0 radical (unpaired) electrons. The van der Waals surface area contributed by atoms with E-state index < -0.39 is 0 Å². The van der Waals surface area contributed by atoms with Crippen molar-refractivity contribution in [2.45, 2.75) is 6.54 Å². The van der Waals surface area contributed by atoms with Crippen LogP contribution in [-0.2, 0) is 6.54 Å². The molecule has 1 rings (SSSR count). The SMILES string of the molecule is C=CC[n+]1ccc(N(C)C)cc1. The maximum absolute atomic E-state index is 3.68. The summed E-state index contributed by atoms with van der Waals surface area (Å²) in [6.07, 6.45) is 5.99. The van der Waals surface area contributed by atoms with Crippen molar-refractivity contribution in [3.8, 4) is 0 Å². The van der Waals surface area contributed by atoms with E-state index in [0.717, 1.165) is 6.54 Å². The lowest BCUT2D eigenvalue weighted by atomic mass is 10.4. The second-order valence-corrected chi connectivity index (χ2v) is 2.94. The lowest BCUT2D eigenvalue weighted by Gasteiger charge is -2.09. The van der Waals surface area contributed by atoms with E-state index in [1.165, 1.54) is 5.69 Å². The molecule has 0 aromatic carbocycles. The van der Waals surface area contributed by atoms with E-state index in [4.69, 9.17) is 0 Å². The topological polar surface area (TPSA) is 7.12 Å². The molecule has 0 aliphatic carbocycles. The van der Waals surface area contributed by atoms with Crippen LogP contribution in [0, 0.1) is 0 Å². The maximum atomic E-state index is 3.68. The molecule has 0 saturated carbocycles. The van der Waals surface area contributed by atoms with Crippen LogP contribution in [0.2, 0.25) is 0 Å². The highest BCUT2D eigenvalue weighted by molar-refractivity contribution is 5.41. The molecule has 2 nitrogen and oxygen atoms in total. The maximum Gasteiger partial charge on any atom is 0.171 e. The van der Waals surface area contributed by atoms with Crippen LogP contribution in [-0.4, -0.2) is 14.1 Å². The molecule has 1 aromatic heterocycles. The molecule has 0 unspecified atom stereocenters. The number of hydrogen-bond donors (Lipinski definition) is 0. The van der Waals surface area contributed by atoms with Crippen LogP contribution in [0.25, 0.3) is 0 Å². The Morgan fingerprint density at radius 3 is 2.42 bits per heavy atom. The van der Waals surface area contributed by atoms with E-state index in [1.54, 1.807) is 0 Å². The number of pyridine rings is 1. The lowest BCUT2D eigenvalue weighted by Crippen LogP contribution is -2.31. The summed E-state index contributed by atoms with van der Waals surface area (Å²) in [5.41, 5.74) is 1.22. The molecule has 1 aromatic rings. The van der Waals surface area contributed by atoms with Gasteiger partial charge < -0.3 is 4.90 Å². The van der Waals surface area contributed by atoms with E-state index in [2.05, 4.69) is 40.6 Å². The van der Waals surface area contributed by atoms with Gasteiger partial charge in [0.1, 0.15) is 0 Å². The van der Waals surface area contributed by atoms with Crippen LogP contribution in [0.4, 0.5) is 5.69 Å². The third-order valence-electron chi connectivity index (χ3n) is 1.73. The van der Waals surface area contributed by atoms with Gasteiger partial charge in [0.15, 0.2) is 18.9 Å². The van der Waals surface area contributed by atoms with Crippen molar-refractivity contribution in [2.75, 3.05) is 19.0 Å². The van der Waals surface area contributed by atoms with E-state index in [0.29, 0.717) is 0 Å². The number of hydrogen-bond acceptors (Lipinski definition) is 1. The summed E-state index contributed by atoms with van der Waals surface area (Å²) in [5.74, 6) is 0. The van der Waals surface area contributed by atoms with Crippen molar-refractivity contribution in [3.05, 3.63) is 37.2 Å². The largest absolute Gasteiger partial charge is 0.377 e. The van der Waals surface area contributed by atoms with Gasteiger partial charge in [0, 0.05) is 31.9 Å². The highest BCUT2D eigenvalue weighted by atomic mass is 15.1. The van der Waals surface area contributed by atoms with Crippen molar-refractivity contribution in [1.82, 2.24) is 0 Å². The molecule has 0 spiro atoms. The van der Waals surface area contributed by atoms with Crippen LogP contribution in [0.1, 0.15) is 0 Å². The fourth-order valence-corrected chi connectivity index (χ4v) is 1.02. The van der Waals surface area contributed by atoms with Crippen molar-refractivity contribution in [3.63, 3.8) is 0 Å². The number of rotatable bonds is 3. The van der Waals surface area contributed by atoms with Crippen molar-refractivity contribution < 1.29 is 4.57 Å². The minimum absolute atomic E-state index is 0.869. The molecule has 0 fully saturated rings. The Kier molecular flexibility index (Phi) is 2.86. The predicted molar refractivity (Wildman–Crippen MR) is 51.2 cm³/mol. The van der Waals surface area contributed by atoms with Gasteiger partial charge in [0.05, 0.1) is 0 Å². The summed E-state index contributed by atoms with van der Waals surface area (Å²) in [7, 11) is 4.07. The van der Waals surface area contributed by atoms with E-state index >= 15 is 0 Å². The Labute approximate surface area is 73.8 Å². The first-order chi connectivity index (χ1) is 5.74. The second-order valence-electron chi connectivity index (χ2n) is 2.94. The highest BCUT2D eigenvalue weighted by Crippen LogP contribution is 2.05. The summed E-state index contributed by atoms with van der Waals surface area (Å²) < 4.78 is 2.08. The summed E-state index contributed by atoms with van der Waals surface area (Å²) in [6, 6.07) is 4.17. The van der Waals surface area contributed by atoms with Gasteiger partial charge in [-0.15, -0.1) is 0 Å². The van der Waals surface area contributed by atoms with E-state index in [-0.39, 0.29) is 0 Å². The molecule has 0 bridgehead atoms. The minimum atomic E-state index is 0.869. The molecule has 0 atom stereocenters. The third-order valence-corrected chi connectivity index (χ3v) is 1.73. The molecule has 0 N–H and O–H groups in total. The summed E-state index contributed by atoms with van der Waals surface area (Å²) >= 11 is 0. The van der Waals surface area contributed by atoms with Crippen LogP contribution in [0.3, 0.4) is 0 Å². The molecule has 2 heteroatoms. The first-order valence-electron chi connectivity index (χ1n) is 4.01. The molecule has 12 heavy (non-hydrogen) atoms. The van der Waals surface area contributed by atoms with Crippen molar-refractivity contribution >= 4 is 5.69 Å². The first kappa shape index (κ1) is 8.78. The molecule has 1 heterocycles. The third kappa shape index (κ3) is 2.09. The van der Waals surface area contributed by atoms with Crippen molar-refractivity contribution in [1.29, 1.82) is 0 Å². The van der Waals surface area contributed by atoms with Crippen LogP contribution in [0.5, 0.6) is 0 Å². The quantitative estimate of drug-likeness (QED) is 0.480. The monoisotopic (exact) mass is 163 g/mol. The molecule has 0 saturated heterocycles. The zero-order chi connectivity index (χ0) is 8.97. The molecular formula is C10H15N2+. The average Bonchev–Trinajstić information content (AvgIpc) is 2.06. The zero-order valence-corrected chi connectivity index (χ0v) is 7.70. The molecule has 64 valence electrons. The normalized spacial score (nSPS) is 9.50. The highest BCUT2D eigenvalue weighted by Gasteiger charge is 1.98. The van der Waals surface area contributed by atoms with Crippen LogP contribution >= 0.6 is 0 Å². The Hall–Kier alpha value is -1.31. The van der Waals surface area contributed by atoms with Gasteiger partial charge in [-0.05, 0) is 6.08 Å². The van der Waals surface area contributed by atoms with Gasteiger partial charge >= 0.3 is 0 Å². The Bertz CT molecular complexity index is 249. The lowest BCUT2D eigenvalue weighted by molar-refractivity contribution is -0.686. The van der Waals surface area contributed by atoms with E-state index in [1.807, 2.05) is 20.2 Å². The molecule has 0 aliphatic rings. The molecule has 0 aliphatic heterocycles. The van der Waals surface area contributed by atoms with Crippen molar-refractivity contribution in [2.24, 2.45) is 0 Å².